The summed E-state index contributed by atoms with van der Waals surface area (Å²) in [5.74, 6) is 1.57. The molecule has 0 unspecified atom stereocenters. The normalized spacial score (nSPS) is 12.5. The Bertz CT molecular complexity index is 435. The van der Waals surface area contributed by atoms with Gasteiger partial charge in [-0.15, -0.1) is 0 Å². The lowest BCUT2D eigenvalue weighted by molar-refractivity contribution is -0.121. The number of hydrogen-bond donors (Lipinski definition) is 2. The average Bonchev–Trinajstić information content (AvgIpc) is 2.89. The molecule has 1 heterocycles. The van der Waals surface area contributed by atoms with Gasteiger partial charge >= 0.3 is 0 Å². The van der Waals surface area contributed by atoms with E-state index in [1.807, 2.05) is 18.2 Å². The highest BCUT2D eigenvalue weighted by Gasteiger charge is 2.13. The van der Waals surface area contributed by atoms with Gasteiger partial charge in [-0.1, -0.05) is 13.0 Å². The zero-order chi connectivity index (χ0) is 13.5. The molecule has 1 aliphatic rings. The fraction of sp³-hybridized carbons (Fsp3) is 0.500. The Labute approximate surface area is 113 Å². The topological polar surface area (TPSA) is 59.6 Å². The molecule has 0 fully saturated rings. The Hall–Kier alpha value is -1.75. The van der Waals surface area contributed by atoms with Crippen LogP contribution in [0.3, 0.4) is 0 Å². The van der Waals surface area contributed by atoms with E-state index >= 15 is 0 Å². The van der Waals surface area contributed by atoms with E-state index in [0.717, 1.165) is 36.6 Å². The molecular formula is C14H20N2O3. The van der Waals surface area contributed by atoms with Crippen molar-refractivity contribution in [1.82, 2.24) is 10.6 Å². The Kier molecular flexibility index (Phi) is 5.03. The molecule has 0 atom stereocenters. The van der Waals surface area contributed by atoms with E-state index in [0.29, 0.717) is 13.0 Å². The predicted molar refractivity (Wildman–Crippen MR) is 72.2 cm³/mol. The number of benzene rings is 1. The third kappa shape index (κ3) is 4.13. The van der Waals surface area contributed by atoms with E-state index < -0.39 is 0 Å². The summed E-state index contributed by atoms with van der Waals surface area (Å²) in [5.41, 5.74) is 1.01. The van der Waals surface area contributed by atoms with Crippen LogP contribution in [0, 0.1) is 0 Å². The fourth-order valence-corrected chi connectivity index (χ4v) is 1.84. The van der Waals surface area contributed by atoms with Crippen molar-refractivity contribution >= 4 is 5.91 Å². The number of fused-ring (bicyclic) bond motifs is 1. The van der Waals surface area contributed by atoms with Crippen LogP contribution < -0.4 is 20.1 Å². The quantitative estimate of drug-likeness (QED) is 0.731. The minimum absolute atomic E-state index is 0.0567. The van der Waals surface area contributed by atoms with Crippen molar-refractivity contribution in [3.05, 3.63) is 23.8 Å². The van der Waals surface area contributed by atoms with Gasteiger partial charge in [0.25, 0.3) is 0 Å². The molecule has 0 bridgehead atoms. The molecule has 104 valence electrons. The Balaban J connectivity index is 1.71. The number of rotatable bonds is 7. The fourth-order valence-electron chi connectivity index (χ4n) is 1.84. The van der Waals surface area contributed by atoms with Crippen LogP contribution >= 0.6 is 0 Å². The highest BCUT2D eigenvalue weighted by molar-refractivity contribution is 5.76. The van der Waals surface area contributed by atoms with Crippen molar-refractivity contribution in [2.24, 2.45) is 0 Å². The number of amides is 1. The molecule has 0 aliphatic carbocycles. The maximum absolute atomic E-state index is 11.6. The van der Waals surface area contributed by atoms with Crippen LogP contribution in [-0.2, 0) is 11.3 Å². The van der Waals surface area contributed by atoms with Crippen LogP contribution in [-0.4, -0.2) is 25.8 Å². The smallest absolute Gasteiger partial charge is 0.231 e. The van der Waals surface area contributed by atoms with E-state index in [4.69, 9.17) is 9.47 Å². The van der Waals surface area contributed by atoms with Gasteiger partial charge in [0.15, 0.2) is 11.5 Å². The molecule has 1 amide bonds. The molecule has 19 heavy (non-hydrogen) atoms. The van der Waals surface area contributed by atoms with Gasteiger partial charge in [-0.25, -0.2) is 0 Å². The Morgan fingerprint density at radius 1 is 1.26 bits per heavy atom. The first kappa shape index (κ1) is 13.7. The maximum Gasteiger partial charge on any atom is 0.231 e. The van der Waals surface area contributed by atoms with Crippen molar-refractivity contribution < 1.29 is 14.3 Å². The Morgan fingerprint density at radius 2 is 2.11 bits per heavy atom. The van der Waals surface area contributed by atoms with Crippen LogP contribution in [0.1, 0.15) is 25.3 Å². The van der Waals surface area contributed by atoms with Crippen LogP contribution in [0.15, 0.2) is 18.2 Å². The second-order valence-electron chi connectivity index (χ2n) is 4.46. The molecule has 1 aliphatic heterocycles. The number of nitrogens with one attached hydrogen (secondary N) is 2. The SMILES string of the molecule is CCCNCCC(=O)NCc1ccc2c(c1)OCO2. The van der Waals surface area contributed by atoms with Gasteiger partial charge in [-0.2, -0.15) is 0 Å². The van der Waals surface area contributed by atoms with Gasteiger partial charge in [0.05, 0.1) is 0 Å². The standard InChI is InChI=1S/C14H20N2O3/c1-2-6-15-7-5-14(17)16-9-11-3-4-12-13(8-11)19-10-18-12/h3-4,8,15H,2,5-7,9-10H2,1H3,(H,16,17). The second-order valence-corrected chi connectivity index (χ2v) is 4.46. The first-order chi connectivity index (χ1) is 9.29. The highest BCUT2D eigenvalue weighted by atomic mass is 16.7. The summed E-state index contributed by atoms with van der Waals surface area (Å²) in [5, 5.41) is 6.09. The van der Waals surface area contributed by atoms with Gasteiger partial charge in [0.1, 0.15) is 0 Å². The molecule has 0 aromatic heterocycles. The molecule has 1 aromatic rings. The summed E-state index contributed by atoms with van der Waals surface area (Å²) >= 11 is 0. The minimum atomic E-state index is 0.0567. The summed E-state index contributed by atoms with van der Waals surface area (Å²) in [7, 11) is 0. The molecule has 0 radical (unpaired) electrons. The summed E-state index contributed by atoms with van der Waals surface area (Å²) in [6, 6.07) is 5.70. The average molecular weight is 264 g/mol. The number of carbonyl (C=O) groups is 1. The highest BCUT2D eigenvalue weighted by Crippen LogP contribution is 2.32. The van der Waals surface area contributed by atoms with E-state index in [2.05, 4.69) is 17.6 Å². The molecule has 5 heteroatoms. The number of hydrogen-bond acceptors (Lipinski definition) is 4. The van der Waals surface area contributed by atoms with Crippen molar-refractivity contribution in [2.45, 2.75) is 26.3 Å². The summed E-state index contributed by atoms with van der Waals surface area (Å²) in [4.78, 5) is 11.6. The maximum atomic E-state index is 11.6. The first-order valence-corrected chi connectivity index (χ1v) is 6.65. The monoisotopic (exact) mass is 264 g/mol. The lowest BCUT2D eigenvalue weighted by Gasteiger charge is -2.07. The Morgan fingerprint density at radius 3 is 2.95 bits per heavy atom. The molecular weight excluding hydrogens is 244 g/mol. The zero-order valence-electron chi connectivity index (χ0n) is 11.2. The van der Waals surface area contributed by atoms with E-state index in [1.54, 1.807) is 0 Å². The molecule has 1 aromatic carbocycles. The predicted octanol–water partition coefficient (Wildman–Crippen LogP) is 1.42. The van der Waals surface area contributed by atoms with Gasteiger partial charge < -0.3 is 20.1 Å². The van der Waals surface area contributed by atoms with Crippen LogP contribution in [0.5, 0.6) is 11.5 Å². The van der Waals surface area contributed by atoms with E-state index in [-0.39, 0.29) is 12.7 Å². The number of carbonyl (C=O) groups excluding carboxylic acids is 1. The summed E-state index contributed by atoms with van der Waals surface area (Å²) in [6.07, 6.45) is 1.59. The summed E-state index contributed by atoms with van der Waals surface area (Å²) < 4.78 is 10.5. The van der Waals surface area contributed by atoms with Gasteiger partial charge in [-0.05, 0) is 30.7 Å². The van der Waals surface area contributed by atoms with Crippen LogP contribution in [0.25, 0.3) is 0 Å². The van der Waals surface area contributed by atoms with Gasteiger partial charge in [0, 0.05) is 19.5 Å². The van der Waals surface area contributed by atoms with Crippen molar-refractivity contribution in [1.29, 1.82) is 0 Å². The van der Waals surface area contributed by atoms with Crippen LogP contribution in [0.2, 0.25) is 0 Å². The van der Waals surface area contributed by atoms with Crippen molar-refractivity contribution in [3.63, 3.8) is 0 Å². The first-order valence-electron chi connectivity index (χ1n) is 6.65. The van der Waals surface area contributed by atoms with Crippen molar-refractivity contribution in [2.75, 3.05) is 19.9 Å². The lowest BCUT2D eigenvalue weighted by atomic mass is 10.2. The van der Waals surface area contributed by atoms with E-state index in [9.17, 15) is 4.79 Å². The lowest BCUT2D eigenvalue weighted by Crippen LogP contribution is -2.27. The minimum Gasteiger partial charge on any atom is -0.454 e. The number of ether oxygens (including phenoxy) is 2. The second kappa shape index (κ2) is 6.99. The van der Waals surface area contributed by atoms with Crippen LogP contribution in [0.4, 0.5) is 0 Å². The summed E-state index contributed by atoms with van der Waals surface area (Å²) in [6.45, 7) is 4.57. The largest absolute Gasteiger partial charge is 0.454 e. The van der Waals surface area contributed by atoms with Gasteiger partial charge in [-0.3, -0.25) is 4.79 Å². The zero-order valence-corrected chi connectivity index (χ0v) is 11.2. The molecule has 2 N–H and O–H groups in total. The van der Waals surface area contributed by atoms with Gasteiger partial charge in [0.2, 0.25) is 12.7 Å². The molecule has 5 nitrogen and oxygen atoms in total. The molecule has 0 spiro atoms. The molecule has 0 saturated carbocycles. The molecule has 2 rings (SSSR count). The van der Waals surface area contributed by atoms with E-state index in [1.165, 1.54) is 0 Å². The van der Waals surface area contributed by atoms with Crippen molar-refractivity contribution in [3.8, 4) is 11.5 Å². The molecule has 0 saturated heterocycles. The third-order valence-electron chi connectivity index (χ3n) is 2.88. The third-order valence-corrected chi connectivity index (χ3v) is 2.88.